The second-order valence-corrected chi connectivity index (χ2v) is 8.35. The molecule has 0 atom stereocenters. The highest BCUT2D eigenvalue weighted by atomic mass is 19.1. The SMILES string of the molecule is Cn1c(=O)n(CC(=O)N2CCN(c3ccccc3F)CC2)c(=O)c2cnc(-c3ccccc3)nc21. The highest BCUT2D eigenvalue weighted by molar-refractivity contribution is 5.78. The van der Waals surface area contributed by atoms with Crippen molar-refractivity contribution in [3.8, 4) is 11.4 Å². The van der Waals surface area contributed by atoms with E-state index in [9.17, 15) is 18.8 Å². The summed E-state index contributed by atoms with van der Waals surface area (Å²) in [6.07, 6.45) is 1.39. The van der Waals surface area contributed by atoms with Gasteiger partial charge in [0.15, 0.2) is 11.5 Å². The number of hydrogen-bond donors (Lipinski definition) is 0. The van der Waals surface area contributed by atoms with Crippen LogP contribution < -0.4 is 16.1 Å². The summed E-state index contributed by atoms with van der Waals surface area (Å²) in [5.74, 6) is -0.260. The number of anilines is 1. The zero-order valence-electron chi connectivity index (χ0n) is 19.1. The Hall–Kier alpha value is -4.34. The molecule has 1 saturated heterocycles. The number of amides is 1. The second-order valence-electron chi connectivity index (χ2n) is 8.35. The van der Waals surface area contributed by atoms with Crippen molar-refractivity contribution in [1.82, 2.24) is 24.0 Å². The lowest BCUT2D eigenvalue weighted by Gasteiger charge is -2.36. The van der Waals surface area contributed by atoms with Gasteiger partial charge in [0.25, 0.3) is 5.56 Å². The Morgan fingerprint density at radius 2 is 1.66 bits per heavy atom. The molecule has 2 aromatic heterocycles. The summed E-state index contributed by atoms with van der Waals surface area (Å²) in [5.41, 5.74) is 0.223. The Balaban J connectivity index is 1.37. The highest BCUT2D eigenvalue weighted by Gasteiger charge is 2.24. The van der Waals surface area contributed by atoms with Crippen molar-refractivity contribution in [2.75, 3.05) is 31.1 Å². The fraction of sp³-hybridized carbons (Fsp3) is 0.240. The van der Waals surface area contributed by atoms with Crippen LogP contribution >= 0.6 is 0 Å². The minimum absolute atomic E-state index is 0.156. The van der Waals surface area contributed by atoms with E-state index in [0.717, 1.165) is 10.1 Å². The van der Waals surface area contributed by atoms with Gasteiger partial charge in [-0.25, -0.2) is 19.2 Å². The van der Waals surface area contributed by atoms with Gasteiger partial charge in [-0.2, -0.15) is 0 Å². The average molecular weight is 474 g/mol. The number of rotatable bonds is 4. The Morgan fingerprint density at radius 3 is 2.37 bits per heavy atom. The van der Waals surface area contributed by atoms with E-state index in [1.807, 2.05) is 35.2 Å². The molecule has 1 amide bonds. The first-order valence-electron chi connectivity index (χ1n) is 11.2. The van der Waals surface area contributed by atoms with E-state index in [-0.39, 0.29) is 29.3 Å². The summed E-state index contributed by atoms with van der Waals surface area (Å²) in [7, 11) is 1.51. The smallest absolute Gasteiger partial charge is 0.332 e. The average Bonchev–Trinajstić information content (AvgIpc) is 2.90. The lowest BCUT2D eigenvalue weighted by molar-refractivity contribution is -0.132. The normalized spacial score (nSPS) is 13.9. The van der Waals surface area contributed by atoms with Crippen molar-refractivity contribution in [3.05, 3.63) is 87.4 Å². The predicted octanol–water partition coefficient (Wildman–Crippen LogP) is 1.65. The van der Waals surface area contributed by atoms with Crippen LogP contribution in [0.5, 0.6) is 0 Å². The molecular formula is C25H23FN6O3. The molecule has 10 heteroatoms. The maximum atomic E-state index is 14.1. The summed E-state index contributed by atoms with van der Waals surface area (Å²) in [5, 5.41) is 0.156. The predicted molar refractivity (Wildman–Crippen MR) is 130 cm³/mol. The number of halogens is 1. The summed E-state index contributed by atoms with van der Waals surface area (Å²) >= 11 is 0. The molecule has 0 bridgehead atoms. The van der Waals surface area contributed by atoms with Crippen LogP contribution in [0.2, 0.25) is 0 Å². The van der Waals surface area contributed by atoms with Gasteiger partial charge in [-0.15, -0.1) is 0 Å². The van der Waals surface area contributed by atoms with E-state index in [2.05, 4.69) is 9.97 Å². The first kappa shape index (κ1) is 22.5. The van der Waals surface area contributed by atoms with E-state index in [4.69, 9.17) is 0 Å². The Labute approximate surface area is 199 Å². The van der Waals surface area contributed by atoms with Crippen LogP contribution in [0.4, 0.5) is 10.1 Å². The molecule has 9 nitrogen and oxygen atoms in total. The molecule has 4 aromatic rings. The van der Waals surface area contributed by atoms with E-state index < -0.39 is 11.2 Å². The molecule has 1 fully saturated rings. The first-order chi connectivity index (χ1) is 16.9. The largest absolute Gasteiger partial charge is 0.366 e. The number of benzene rings is 2. The maximum Gasteiger partial charge on any atom is 0.332 e. The zero-order valence-corrected chi connectivity index (χ0v) is 19.1. The Morgan fingerprint density at radius 1 is 0.971 bits per heavy atom. The molecule has 0 spiro atoms. The van der Waals surface area contributed by atoms with Crippen LogP contribution in [-0.2, 0) is 18.4 Å². The third-order valence-corrected chi connectivity index (χ3v) is 6.23. The molecule has 0 N–H and O–H groups in total. The van der Waals surface area contributed by atoms with E-state index >= 15 is 0 Å². The molecule has 0 saturated carbocycles. The summed E-state index contributed by atoms with van der Waals surface area (Å²) in [6, 6.07) is 15.8. The minimum Gasteiger partial charge on any atom is -0.366 e. The van der Waals surface area contributed by atoms with Gasteiger partial charge < -0.3 is 9.80 Å². The molecule has 5 rings (SSSR count). The quantitative estimate of drug-likeness (QED) is 0.447. The zero-order chi connectivity index (χ0) is 24.5. The van der Waals surface area contributed by atoms with Crippen molar-refractivity contribution in [3.63, 3.8) is 0 Å². The number of carbonyl (C=O) groups excluding carboxylic acids is 1. The molecule has 178 valence electrons. The van der Waals surface area contributed by atoms with Crippen molar-refractivity contribution in [1.29, 1.82) is 0 Å². The molecular weight excluding hydrogens is 451 g/mol. The van der Waals surface area contributed by atoms with Crippen LogP contribution in [0.25, 0.3) is 22.4 Å². The fourth-order valence-electron chi connectivity index (χ4n) is 4.29. The van der Waals surface area contributed by atoms with Crippen LogP contribution in [0.15, 0.2) is 70.4 Å². The third-order valence-electron chi connectivity index (χ3n) is 6.23. The number of carbonyl (C=O) groups is 1. The summed E-state index contributed by atoms with van der Waals surface area (Å²) in [6.45, 7) is 1.24. The van der Waals surface area contributed by atoms with Crippen LogP contribution in [0.3, 0.4) is 0 Å². The van der Waals surface area contributed by atoms with Crippen LogP contribution in [0, 0.1) is 5.82 Å². The minimum atomic E-state index is -0.626. The van der Waals surface area contributed by atoms with Crippen molar-refractivity contribution in [2.24, 2.45) is 7.05 Å². The maximum absolute atomic E-state index is 14.1. The van der Waals surface area contributed by atoms with E-state index in [0.29, 0.717) is 37.7 Å². The molecule has 0 unspecified atom stereocenters. The summed E-state index contributed by atoms with van der Waals surface area (Å²) < 4.78 is 16.3. The topological polar surface area (TPSA) is 93.3 Å². The lowest BCUT2D eigenvalue weighted by Crippen LogP contribution is -2.51. The number of aryl methyl sites for hydroxylation is 1. The molecule has 35 heavy (non-hydrogen) atoms. The van der Waals surface area contributed by atoms with Gasteiger partial charge >= 0.3 is 5.69 Å². The van der Waals surface area contributed by atoms with Crippen molar-refractivity contribution in [2.45, 2.75) is 6.54 Å². The van der Waals surface area contributed by atoms with Crippen molar-refractivity contribution < 1.29 is 9.18 Å². The summed E-state index contributed by atoms with van der Waals surface area (Å²) in [4.78, 5) is 51.2. The fourth-order valence-corrected chi connectivity index (χ4v) is 4.29. The highest BCUT2D eigenvalue weighted by Crippen LogP contribution is 2.20. The van der Waals surface area contributed by atoms with E-state index in [1.165, 1.54) is 23.9 Å². The van der Waals surface area contributed by atoms with E-state index in [1.54, 1.807) is 23.1 Å². The van der Waals surface area contributed by atoms with Gasteiger partial charge in [-0.1, -0.05) is 42.5 Å². The van der Waals surface area contributed by atoms with Gasteiger partial charge in [0, 0.05) is 45.0 Å². The standard InChI is InChI=1S/C25H23FN6O3/c1-29-23-18(15-27-22(28-23)17-7-3-2-4-8-17)24(34)32(25(29)35)16-21(33)31-13-11-30(12-14-31)20-10-6-5-9-19(20)26/h2-10,15H,11-14,16H2,1H3. The van der Waals surface area contributed by atoms with Gasteiger partial charge in [0.05, 0.1) is 5.69 Å². The molecule has 0 radical (unpaired) electrons. The number of nitrogens with zero attached hydrogens (tertiary/aromatic N) is 6. The van der Waals surface area contributed by atoms with Crippen molar-refractivity contribution >= 4 is 22.6 Å². The van der Waals surface area contributed by atoms with Gasteiger partial charge in [0.2, 0.25) is 5.91 Å². The van der Waals surface area contributed by atoms with Gasteiger partial charge in [-0.3, -0.25) is 18.7 Å². The van der Waals surface area contributed by atoms with Crippen LogP contribution in [0.1, 0.15) is 0 Å². The molecule has 0 aliphatic carbocycles. The van der Waals surface area contributed by atoms with Gasteiger partial charge in [0.1, 0.15) is 17.7 Å². The number of fused-ring (bicyclic) bond motifs is 1. The van der Waals surface area contributed by atoms with Crippen LogP contribution in [-0.4, -0.2) is 56.1 Å². The monoisotopic (exact) mass is 474 g/mol. The number of piperazine rings is 1. The lowest BCUT2D eigenvalue weighted by atomic mass is 10.2. The molecule has 1 aliphatic heterocycles. The molecule has 3 heterocycles. The molecule has 2 aromatic carbocycles. The number of aromatic nitrogens is 4. The number of para-hydroxylation sites is 1. The second kappa shape index (κ2) is 9.13. The molecule has 1 aliphatic rings. The third kappa shape index (κ3) is 4.18. The van der Waals surface area contributed by atoms with Gasteiger partial charge in [-0.05, 0) is 12.1 Å². The Kier molecular flexibility index (Phi) is 5.86. The first-order valence-corrected chi connectivity index (χ1v) is 11.2. The number of hydrogen-bond acceptors (Lipinski definition) is 6. The Bertz CT molecular complexity index is 1520.